The molecule has 0 aliphatic carbocycles. The first-order chi connectivity index (χ1) is 12.0. The lowest BCUT2D eigenvalue weighted by molar-refractivity contribution is -0.00000818. The van der Waals surface area contributed by atoms with Crippen molar-refractivity contribution in [1.29, 1.82) is 0 Å². The van der Waals surface area contributed by atoms with Crippen molar-refractivity contribution < 1.29 is 17.2 Å². The van der Waals surface area contributed by atoms with Gasteiger partial charge in [0.2, 0.25) is 0 Å². The minimum atomic E-state index is -0.281. The topological polar surface area (TPSA) is 44.4 Å². The third kappa shape index (κ3) is 6.28. The molecule has 0 fully saturated rings. The van der Waals surface area contributed by atoms with Crippen LogP contribution in [0, 0.1) is 6.92 Å². The Kier molecular flexibility index (Phi) is 9.03. The Labute approximate surface area is 166 Å². The number of halogens is 2. The second-order valence-corrected chi connectivity index (χ2v) is 6.09. The predicted molar refractivity (Wildman–Crippen MR) is 107 cm³/mol. The van der Waals surface area contributed by atoms with Gasteiger partial charge in [0.1, 0.15) is 0 Å². The number of nitrogens with one attached hydrogen (secondary N) is 2. The van der Waals surface area contributed by atoms with E-state index in [4.69, 9.17) is 11.6 Å². The molecule has 0 spiro atoms. The summed E-state index contributed by atoms with van der Waals surface area (Å²) in [6.07, 6.45) is 3.39. The number of hydrogen-bond donors (Lipinski definition) is 2. The number of urea groups is 1. The van der Waals surface area contributed by atoms with E-state index in [1.807, 2.05) is 43.3 Å². The van der Waals surface area contributed by atoms with Gasteiger partial charge in [0, 0.05) is 35.7 Å². The van der Waals surface area contributed by atoms with Gasteiger partial charge in [0.05, 0.1) is 0 Å². The summed E-state index contributed by atoms with van der Waals surface area (Å²) in [5.41, 5.74) is 3.91. The van der Waals surface area contributed by atoms with Gasteiger partial charge in [-0.1, -0.05) is 23.7 Å². The molecule has 140 valence electrons. The highest BCUT2D eigenvalue weighted by Gasteiger charge is 2.07. The van der Waals surface area contributed by atoms with Crippen LogP contribution in [-0.2, 0) is 0 Å². The molecule has 0 bridgehead atoms. The van der Waals surface area contributed by atoms with Crippen molar-refractivity contribution in [2.24, 2.45) is 0 Å². The monoisotopic (exact) mass is 392 g/mol. The van der Waals surface area contributed by atoms with Gasteiger partial charge in [0.25, 0.3) is 0 Å². The molecule has 0 atom stereocenters. The second kappa shape index (κ2) is 10.7. The highest BCUT2D eigenvalue weighted by atomic mass is 35.5. The zero-order chi connectivity index (χ0) is 18.2. The van der Waals surface area contributed by atoms with Crippen LogP contribution in [-0.4, -0.2) is 19.1 Å². The van der Waals surface area contributed by atoms with Crippen molar-refractivity contribution in [1.82, 2.24) is 5.32 Å². The van der Waals surface area contributed by atoms with E-state index in [0.717, 1.165) is 35.6 Å². The van der Waals surface area contributed by atoms with Crippen LogP contribution in [0.5, 0.6) is 0 Å². The number of nitrogens with zero attached hydrogens (tertiary/aromatic N) is 1. The molecule has 0 radical (unpaired) electrons. The summed E-state index contributed by atoms with van der Waals surface area (Å²) in [5.74, 6) is 0. The maximum Gasteiger partial charge on any atom is 0.323 e. The summed E-state index contributed by atoms with van der Waals surface area (Å²) < 4.78 is 0. The van der Waals surface area contributed by atoms with E-state index in [0.29, 0.717) is 5.02 Å². The van der Waals surface area contributed by atoms with Crippen LogP contribution in [0.4, 0.5) is 16.2 Å². The van der Waals surface area contributed by atoms with Crippen molar-refractivity contribution >= 4 is 35.1 Å². The molecule has 2 N–H and O–H groups in total. The first-order valence-corrected chi connectivity index (χ1v) is 8.76. The lowest BCUT2D eigenvalue weighted by Crippen LogP contribution is -3.00. The van der Waals surface area contributed by atoms with Gasteiger partial charge in [-0.05, 0) is 68.3 Å². The summed E-state index contributed by atoms with van der Waals surface area (Å²) in [5, 5.41) is 6.23. The molecule has 0 saturated carbocycles. The molecule has 6 heteroatoms. The number of hydrogen-bond acceptors (Lipinski definition) is 2. The van der Waals surface area contributed by atoms with Crippen molar-refractivity contribution in [2.75, 3.05) is 23.3 Å². The van der Waals surface area contributed by atoms with E-state index in [-0.39, 0.29) is 18.4 Å². The second-order valence-electron chi connectivity index (χ2n) is 5.66. The molecule has 2 aromatic rings. The van der Waals surface area contributed by atoms with E-state index in [2.05, 4.69) is 35.4 Å². The zero-order valence-corrected chi connectivity index (χ0v) is 16.7. The van der Waals surface area contributed by atoms with Crippen LogP contribution in [0.25, 0.3) is 6.08 Å². The summed E-state index contributed by atoms with van der Waals surface area (Å²) >= 11 is 5.93. The number of aryl methyl sites for hydroxylation is 1. The van der Waals surface area contributed by atoms with Crippen LogP contribution in [0.3, 0.4) is 0 Å². The number of carbonyl (C=O) groups excluding carboxylic acids is 1. The lowest BCUT2D eigenvalue weighted by atomic mass is 10.1. The van der Waals surface area contributed by atoms with Gasteiger partial charge in [-0.3, -0.25) is 0 Å². The fourth-order valence-corrected chi connectivity index (χ4v) is 2.75. The van der Waals surface area contributed by atoms with Gasteiger partial charge in [0.15, 0.2) is 0 Å². The number of rotatable bonds is 6. The van der Waals surface area contributed by atoms with Crippen molar-refractivity contribution in [3.05, 3.63) is 64.8 Å². The fraction of sp³-hybridized carbons (Fsp3) is 0.250. The van der Waals surface area contributed by atoms with Crippen LogP contribution in [0.2, 0.25) is 5.02 Å². The van der Waals surface area contributed by atoms with E-state index < -0.39 is 0 Å². The highest BCUT2D eigenvalue weighted by Crippen LogP contribution is 2.22. The molecule has 0 aromatic heterocycles. The quantitative estimate of drug-likeness (QED) is 0.791. The molecule has 4 nitrogen and oxygen atoms in total. The van der Waals surface area contributed by atoms with E-state index in [9.17, 15) is 4.79 Å². The van der Waals surface area contributed by atoms with Gasteiger partial charge in [-0.2, -0.15) is 0 Å². The van der Waals surface area contributed by atoms with Gasteiger partial charge in [-0.25, -0.2) is 4.79 Å². The number of anilines is 2. The van der Waals surface area contributed by atoms with Crippen molar-refractivity contribution in [3.63, 3.8) is 0 Å². The Morgan fingerprint density at radius 1 is 1.15 bits per heavy atom. The minimum absolute atomic E-state index is 0. The van der Waals surface area contributed by atoms with E-state index in [1.165, 1.54) is 0 Å². The summed E-state index contributed by atoms with van der Waals surface area (Å²) in [6.45, 7) is 8.16. The molecular formula is C20H24Cl2N3O-. The van der Waals surface area contributed by atoms with Crippen LogP contribution < -0.4 is 27.9 Å². The molecule has 0 aliphatic rings. The number of benzene rings is 2. The Balaban J connectivity index is 0.00000338. The SMILES string of the molecule is CCN(CC)c1ccc(NC(=O)N/C=C/c2cccc(Cl)c2)c(C)c1.[Cl-]. The first kappa shape index (κ1) is 21.9. The molecule has 0 heterocycles. The zero-order valence-electron chi connectivity index (χ0n) is 15.2. The maximum atomic E-state index is 12.0. The van der Waals surface area contributed by atoms with Gasteiger partial charge >= 0.3 is 6.03 Å². The Bertz CT molecular complexity index is 758. The molecule has 0 saturated heterocycles. The average Bonchev–Trinajstić information content (AvgIpc) is 2.58. The summed E-state index contributed by atoms with van der Waals surface area (Å²) in [4.78, 5) is 14.3. The molecule has 2 rings (SSSR count). The third-order valence-corrected chi connectivity index (χ3v) is 4.16. The molecular weight excluding hydrogens is 369 g/mol. The van der Waals surface area contributed by atoms with Crippen LogP contribution in [0.1, 0.15) is 25.0 Å². The number of amides is 2. The molecule has 2 aromatic carbocycles. The van der Waals surface area contributed by atoms with Crippen LogP contribution in [0.15, 0.2) is 48.7 Å². The summed E-state index contributed by atoms with van der Waals surface area (Å²) in [6, 6.07) is 13.2. The molecule has 26 heavy (non-hydrogen) atoms. The van der Waals surface area contributed by atoms with Crippen LogP contribution >= 0.6 is 11.6 Å². The van der Waals surface area contributed by atoms with E-state index in [1.54, 1.807) is 12.3 Å². The largest absolute Gasteiger partial charge is 1.00 e. The van der Waals surface area contributed by atoms with Crippen molar-refractivity contribution in [3.8, 4) is 0 Å². The molecule has 0 unspecified atom stereocenters. The normalized spacial score (nSPS) is 10.3. The molecule has 0 aliphatic heterocycles. The minimum Gasteiger partial charge on any atom is -1.00 e. The van der Waals surface area contributed by atoms with Gasteiger partial charge < -0.3 is 27.9 Å². The maximum absolute atomic E-state index is 12.0. The fourth-order valence-electron chi connectivity index (χ4n) is 2.56. The lowest BCUT2D eigenvalue weighted by Gasteiger charge is -2.22. The smallest absolute Gasteiger partial charge is 0.323 e. The van der Waals surface area contributed by atoms with E-state index >= 15 is 0 Å². The Hall–Kier alpha value is -2.17. The predicted octanol–water partition coefficient (Wildman–Crippen LogP) is 2.29. The number of carbonyl (C=O) groups is 1. The van der Waals surface area contributed by atoms with Gasteiger partial charge in [-0.15, -0.1) is 0 Å². The Morgan fingerprint density at radius 2 is 1.88 bits per heavy atom. The summed E-state index contributed by atoms with van der Waals surface area (Å²) in [7, 11) is 0. The first-order valence-electron chi connectivity index (χ1n) is 8.38. The standard InChI is InChI=1S/C20H24ClN3O.ClH/c1-4-24(5-2)18-9-10-19(15(3)13-18)23-20(25)22-12-11-16-7-6-8-17(21)14-16;/h6-14H,4-5H2,1-3H3,(H2,22,23,25);1H/p-1/b12-11+;. The highest BCUT2D eigenvalue weighted by molar-refractivity contribution is 6.30. The average molecular weight is 393 g/mol. The van der Waals surface area contributed by atoms with Crippen molar-refractivity contribution in [2.45, 2.75) is 20.8 Å². The Morgan fingerprint density at radius 3 is 2.50 bits per heavy atom. The third-order valence-electron chi connectivity index (χ3n) is 3.93. The molecule has 2 amide bonds.